The second-order valence-electron chi connectivity index (χ2n) is 9.75. The Labute approximate surface area is 199 Å². The summed E-state index contributed by atoms with van der Waals surface area (Å²) in [5, 5.41) is 16.6. The number of carbonyl (C=O) groups excluding carboxylic acids is 2. The number of likely N-dealkylation sites (tertiary alicyclic amines) is 1. The zero-order chi connectivity index (χ0) is 23.4. The number of nitrogens with zero attached hydrogens (tertiary/aromatic N) is 2. The number of rotatable bonds is 4. The molecular formula is C28H29N3O3. The summed E-state index contributed by atoms with van der Waals surface area (Å²) in [7, 11) is 1.52. The van der Waals surface area contributed by atoms with Gasteiger partial charge in [0.05, 0.1) is 12.1 Å². The number of piperidine rings is 1. The van der Waals surface area contributed by atoms with Gasteiger partial charge in [0.25, 0.3) is 5.91 Å². The number of amides is 2. The van der Waals surface area contributed by atoms with Gasteiger partial charge in [0.15, 0.2) is 5.60 Å². The van der Waals surface area contributed by atoms with Gasteiger partial charge in [-0.15, -0.1) is 0 Å². The molecule has 0 saturated carbocycles. The number of aliphatic hydroxyl groups is 1. The van der Waals surface area contributed by atoms with Crippen LogP contribution in [0, 0.1) is 0 Å². The van der Waals surface area contributed by atoms with Crippen molar-refractivity contribution >= 4 is 28.3 Å². The Hall–Kier alpha value is -3.22. The molecule has 3 aromatic carbocycles. The molecule has 3 aliphatic rings. The van der Waals surface area contributed by atoms with Gasteiger partial charge in [0, 0.05) is 37.8 Å². The van der Waals surface area contributed by atoms with E-state index in [-0.39, 0.29) is 24.3 Å². The van der Waals surface area contributed by atoms with Crippen molar-refractivity contribution in [1.82, 2.24) is 10.2 Å². The summed E-state index contributed by atoms with van der Waals surface area (Å²) in [6.45, 7) is 1.78. The zero-order valence-electron chi connectivity index (χ0n) is 19.3. The second-order valence-corrected chi connectivity index (χ2v) is 9.75. The van der Waals surface area contributed by atoms with Gasteiger partial charge >= 0.3 is 0 Å². The molecule has 6 nitrogen and oxygen atoms in total. The van der Waals surface area contributed by atoms with Crippen molar-refractivity contribution < 1.29 is 14.7 Å². The normalized spacial score (nSPS) is 24.6. The van der Waals surface area contributed by atoms with Crippen molar-refractivity contribution in [3.63, 3.8) is 0 Å². The van der Waals surface area contributed by atoms with Crippen LogP contribution in [0.2, 0.25) is 0 Å². The van der Waals surface area contributed by atoms with Gasteiger partial charge in [-0.25, -0.2) is 0 Å². The van der Waals surface area contributed by atoms with E-state index in [2.05, 4.69) is 46.6 Å². The van der Waals surface area contributed by atoms with Gasteiger partial charge in [0.2, 0.25) is 5.91 Å². The molecule has 1 saturated heterocycles. The molecule has 174 valence electrons. The van der Waals surface area contributed by atoms with Crippen LogP contribution in [0.15, 0.2) is 60.7 Å². The van der Waals surface area contributed by atoms with Crippen molar-refractivity contribution in [2.24, 2.45) is 0 Å². The Morgan fingerprint density at radius 1 is 1.06 bits per heavy atom. The average molecular weight is 456 g/mol. The fourth-order valence-corrected chi connectivity index (χ4v) is 6.31. The highest BCUT2D eigenvalue weighted by Gasteiger charge is 2.52. The first-order valence-corrected chi connectivity index (χ1v) is 12.1. The van der Waals surface area contributed by atoms with Crippen molar-refractivity contribution in [2.75, 3.05) is 25.0 Å². The molecule has 34 heavy (non-hydrogen) atoms. The van der Waals surface area contributed by atoms with E-state index in [0.29, 0.717) is 11.6 Å². The third kappa shape index (κ3) is 3.09. The molecule has 2 heterocycles. The lowest BCUT2D eigenvalue weighted by Crippen LogP contribution is -2.51. The molecule has 6 rings (SSSR count). The van der Waals surface area contributed by atoms with Gasteiger partial charge in [-0.05, 0) is 47.2 Å². The Balaban J connectivity index is 1.23. The van der Waals surface area contributed by atoms with E-state index in [9.17, 15) is 14.7 Å². The second kappa shape index (κ2) is 7.93. The number of fused-ring (bicyclic) bond motifs is 1. The van der Waals surface area contributed by atoms with Gasteiger partial charge in [-0.2, -0.15) is 0 Å². The quantitative estimate of drug-likeness (QED) is 0.633. The Morgan fingerprint density at radius 3 is 2.56 bits per heavy atom. The topological polar surface area (TPSA) is 72.9 Å². The summed E-state index contributed by atoms with van der Waals surface area (Å²) in [4.78, 5) is 30.0. The van der Waals surface area contributed by atoms with Crippen LogP contribution < -0.4 is 10.2 Å². The molecule has 2 N–H and O–H groups in total. The molecule has 0 bridgehead atoms. The minimum atomic E-state index is -1.81. The number of para-hydroxylation sites is 1. The number of anilines is 1. The maximum atomic E-state index is 13.5. The minimum absolute atomic E-state index is 0.00295. The van der Waals surface area contributed by atoms with Crippen LogP contribution in [0.3, 0.4) is 0 Å². The van der Waals surface area contributed by atoms with Gasteiger partial charge in [-0.1, -0.05) is 54.6 Å². The van der Waals surface area contributed by atoms with E-state index >= 15 is 0 Å². The van der Waals surface area contributed by atoms with Crippen LogP contribution in [0.5, 0.6) is 0 Å². The highest BCUT2D eigenvalue weighted by molar-refractivity contribution is 6.09. The van der Waals surface area contributed by atoms with Crippen molar-refractivity contribution in [1.29, 1.82) is 0 Å². The lowest BCUT2D eigenvalue weighted by molar-refractivity contribution is -0.143. The van der Waals surface area contributed by atoms with E-state index < -0.39 is 5.60 Å². The van der Waals surface area contributed by atoms with Crippen LogP contribution in [-0.4, -0.2) is 48.0 Å². The van der Waals surface area contributed by atoms with E-state index in [0.717, 1.165) is 38.0 Å². The Kier molecular flexibility index (Phi) is 4.97. The fraction of sp³-hybridized carbons (Fsp3) is 0.357. The molecule has 2 aliphatic heterocycles. The molecule has 1 unspecified atom stereocenters. The molecule has 1 fully saturated rings. The molecule has 3 aromatic rings. The van der Waals surface area contributed by atoms with Crippen LogP contribution in [0.4, 0.5) is 5.69 Å². The first-order chi connectivity index (χ1) is 16.5. The number of hydrogen-bond acceptors (Lipinski definition) is 4. The van der Waals surface area contributed by atoms with Crippen LogP contribution in [-0.2, 0) is 21.6 Å². The maximum Gasteiger partial charge on any atom is 0.264 e. The van der Waals surface area contributed by atoms with Gasteiger partial charge < -0.3 is 15.3 Å². The van der Waals surface area contributed by atoms with Crippen molar-refractivity contribution in [3.05, 3.63) is 77.4 Å². The lowest BCUT2D eigenvalue weighted by atomic mass is 9.91. The molecule has 2 atom stereocenters. The molecule has 6 heteroatoms. The van der Waals surface area contributed by atoms with Crippen LogP contribution >= 0.6 is 0 Å². The molecule has 0 spiro atoms. The van der Waals surface area contributed by atoms with E-state index in [1.807, 2.05) is 18.2 Å². The van der Waals surface area contributed by atoms with Gasteiger partial charge in [-0.3, -0.25) is 14.5 Å². The lowest BCUT2D eigenvalue weighted by Gasteiger charge is -2.40. The molecule has 0 aromatic heterocycles. The summed E-state index contributed by atoms with van der Waals surface area (Å²) in [5.74, 6) is -0.730. The van der Waals surface area contributed by atoms with E-state index in [4.69, 9.17) is 0 Å². The first-order valence-electron chi connectivity index (χ1n) is 12.1. The smallest absolute Gasteiger partial charge is 0.264 e. The number of hydrogen-bond donors (Lipinski definition) is 2. The van der Waals surface area contributed by atoms with Crippen molar-refractivity contribution in [3.8, 4) is 0 Å². The summed E-state index contributed by atoms with van der Waals surface area (Å²) in [5.41, 5.74) is 2.29. The Morgan fingerprint density at radius 2 is 1.79 bits per heavy atom. The highest BCUT2D eigenvalue weighted by Crippen LogP contribution is 2.46. The minimum Gasteiger partial charge on any atom is -0.375 e. The predicted molar refractivity (Wildman–Crippen MR) is 131 cm³/mol. The largest absolute Gasteiger partial charge is 0.375 e. The van der Waals surface area contributed by atoms with Crippen LogP contribution in [0.25, 0.3) is 10.8 Å². The van der Waals surface area contributed by atoms with Crippen molar-refractivity contribution in [2.45, 2.75) is 43.4 Å². The fourth-order valence-electron chi connectivity index (χ4n) is 6.31. The summed E-state index contributed by atoms with van der Waals surface area (Å²) in [6, 6.07) is 20.9. The molecule has 0 radical (unpaired) electrons. The average Bonchev–Trinajstić information content (AvgIpc) is 3.34. The molecular weight excluding hydrogens is 426 g/mol. The maximum absolute atomic E-state index is 13.5. The number of nitrogens with one attached hydrogen (secondary N) is 1. The summed E-state index contributed by atoms with van der Waals surface area (Å²) < 4.78 is 0. The summed E-state index contributed by atoms with van der Waals surface area (Å²) in [6.07, 6.45) is 2.43. The third-order valence-corrected chi connectivity index (χ3v) is 7.98. The Bertz CT molecular complexity index is 1290. The highest BCUT2D eigenvalue weighted by atomic mass is 16.3. The van der Waals surface area contributed by atoms with E-state index in [1.54, 1.807) is 11.0 Å². The van der Waals surface area contributed by atoms with E-state index in [1.165, 1.54) is 28.9 Å². The monoisotopic (exact) mass is 455 g/mol. The summed E-state index contributed by atoms with van der Waals surface area (Å²) >= 11 is 0. The van der Waals surface area contributed by atoms with Gasteiger partial charge in [0.1, 0.15) is 0 Å². The predicted octanol–water partition coefficient (Wildman–Crippen LogP) is 3.27. The molecule has 1 aliphatic carbocycles. The zero-order valence-corrected chi connectivity index (χ0v) is 19.3. The number of benzene rings is 3. The van der Waals surface area contributed by atoms with Crippen LogP contribution in [0.1, 0.15) is 42.0 Å². The SMILES string of the molecule is CNC(=O)C[C@]1(O)C(=O)N(C2CCN(C3Cc4cccc5cccc3c45)CC2)c2ccccc21. The first kappa shape index (κ1) is 21.3. The standard InChI is InChI=1S/C28H29N3O3/c1-29-25(32)17-28(34)22-10-2-3-11-23(22)31(27(28)33)20-12-14-30(15-13-20)24-16-19-8-4-6-18-7-5-9-21(24)26(18)19/h2-11,20,24,34H,12-17H2,1H3,(H,29,32)/t24?,28-/m1/s1. The third-order valence-electron chi connectivity index (χ3n) is 7.98. The molecule has 2 amide bonds. The number of carbonyl (C=O) groups is 2.